The first kappa shape index (κ1) is 17.7. The normalized spacial score (nSPS) is 14.4. The Bertz CT molecular complexity index is 610. The van der Waals surface area contributed by atoms with Crippen molar-refractivity contribution in [3.05, 3.63) is 82.1 Å². The number of benzene rings is 2. The molecule has 23 heavy (non-hydrogen) atoms. The van der Waals surface area contributed by atoms with Gasteiger partial charge in [0.2, 0.25) is 0 Å². The van der Waals surface area contributed by atoms with Crippen molar-refractivity contribution >= 4 is 34.5 Å². The molecule has 2 unspecified atom stereocenters. The molecule has 2 aromatic rings. The highest BCUT2D eigenvalue weighted by Gasteiger charge is 2.11. The lowest BCUT2D eigenvalue weighted by Gasteiger charge is -2.07. The van der Waals surface area contributed by atoms with Crippen LogP contribution in [0.3, 0.4) is 0 Å². The highest BCUT2D eigenvalue weighted by atomic mass is 32.3. The van der Waals surface area contributed by atoms with Crippen molar-refractivity contribution in [2.24, 2.45) is 0 Å². The lowest BCUT2D eigenvalue weighted by atomic mass is 10.2. The number of halogens is 2. The SMILES string of the molecule is [O-][S+](C=Cc1ccc(F)cc1)C[S+]([O-])C=Cc1ccc(F)cc1. The summed E-state index contributed by atoms with van der Waals surface area (Å²) in [7, 11) is 0. The Kier molecular flexibility index (Phi) is 6.85. The molecule has 2 aromatic carbocycles. The first-order valence-corrected chi connectivity index (χ1v) is 9.41. The Morgan fingerprint density at radius 1 is 0.696 bits per heavy atom. The van der Waals surface area contributed by atoms with Gasteiger partial charge in [-0.1, -0.05) is 24.3 Å². The van der Waals surface area contributed by atoms with E-state index < -0.39 is 22.4 Å². The number of rotatable bonds is 6. The van der Waals surface area contributed by atoms with Crippen LogP contribution in [0.2, 0.25) is 0 Å². The summed E-state index contributed by atoms with van der Waals surface area (Å²) < 4.78 is 49.2. The van der Waals surface area contributed by atoms with E-state index in [1.165, 1.54) is 35.1 Å². The van der Waals surface area contributed by atoms with Crippen molar-refractivity contribution in [2.45, 2.75) is 0 Å². The van der Waals surface area contributed by atoms with Crippen molar-refractivity contribution in [2.75, 3.05) is 5.08 Å². The number of hydrogen-bond donors (Lipinski definition) is 0. The van der Waals surface area contributed by atoms with Crippen LogP contribution in [0.25, 0.3) is 12.2 Å². The van der Waals surface area contributed by atoms with Gasteiger partial charge < -0.3 is 9.11 Å². The molecule has 0 fully saturated rings. The zero-order valence-corrected chi connectivity index (χ0v) is 13.7. The molecule has 0 heterocycles. The molecule has 120 valence electrons. The van der Waals surface area contributed by atoms with E-state index in [0.717, 1.165) is 0 Å². The van der Waals surface area contributed by atoms with Crippen molar-refractivity contribution in [3.8, 4) is 0 Å². The molecule has 2 nitrogen and oxygen atoms in total. The molecule has 6 heteroatoms. The van der Waals surface area contributed by atoms with Gasteiger partial charge in [0, 0.05) is 22.4 Å². The van der Waals surface area contributed by atoms with E-state index in [-0.39, 0.29) is 16.7 Å². The highest BCUT2D eigenvalue weighted by Crippen LogP contribution is 2.10. The molecule has 0 saturated carbocycles. The summed E-state index contributed by atoms with van der Waals surface area (Å²) in [5.74, 6) is -0.675. The molecule has 2 atom stereocenters. The molecule has 0 aliphatic rings. The van der Waals surface area contributed by atoms with Gasteiger partial charge in [-0.3, -0.25) is 0 Å². The summed E-state index contributed by atoms with van der Waals surface area (Å²) in [6.45, 7) is 0. The Balaban J connectivity index is 1.85. The van der Waals surface area contributed by atoms with E-state index in [1.807, 2.05) is 0 Å². The van der Waals surface area contributed by atoms with Crippen molar-refractivity contribution in [1.29, 1.82) is 0 Å². The van der Waals surface area contributed by atoms with E-state index in [0.29, 0.717) is 11.1 Å². The number of hydrogen-bond acceptors (Lipinski definition) is 2. The second kappa shape index (κ2) is 8.88. The van der Waals surface area contributed by atoms with Crippen LogP contribution in [0.5, 0.6) is 0 Å². The topological polar surface area (TPSA) is 46.1 Å². The van der Waals surface area contributed by atoms with Gasteiger partial charge in [0.05, 0.1) is 0 Å². The monoisotopic (exact) mass is 352 g/mol. The van der Waals surface area contributed by atoms with E-state index >= 15 is 0 Å². The Morgan fingerprint density at radius 3 is 1.39 bits per heavy atom. The van der Waals surface area contributed by atoms with Gasteiger partial charge in [-0.05, 0) is 47.5 Å². The van der Waals surface area contributed by atoms with Gasteiger partial charge in [0.15, 0.2) is 0 Å². The van der Waals surface area contributed by atoms with Gasteiger partial charge >= 0.3 is 0 Å². The maximum atomic E-state index is 12.8. The summed E-state index contributed by atoms with van der Waals surface area (Å²) in [5, 5.41) is 2.82. The van der Waals surface area contributed by atoms with Crippen LogP contribution in [-0.2, 0) is 22.4 Å². The van der Waals surface area contributed by atoms with Crippen LogP contribution in [0.1, 0.15) is 11.1 Å². The molecule has 0 bridgehead atoms. The Hall–Kier alpha value is -1.60. The molecule has 0 radical (unpaired) electrons. The maximum Gasteiger partial charge on any atom is 0.262 e. The van der Waals surface area contributed by atoms with Gasteiger partial charge in [-0.25, -0.2) is 8.78 Å². The van der Waals surface area contributed by atoms with E-state index in [1.54, 1.807) is 36.4 Å². The van der Waals surface area contributed by atoms with E-state index in [2.05, 4.69) is 0 Å². The molecule has 0 saturated heterocycles. The summed E-state index contributed by atoms with van der Waals surface area (Å²) in [4.78, 5) is 0. The average molecular weight is 352 g/mol. The highest BCUT2D eigenvalue weighted by molar-refractivity contribution is 8.10. The predicted molar refractivity (Wildman–Crippen MR) is 92.0 cm³/mol. The minimum atomic E-state index is -1.40. The Morgan fingerprint density at radius 2 is 1.04 bits per heavy atom. The maximum absolute atomic E-state index is 12.8. The van der Waals surface area contributed by atoms with Crippen LogP contribution in [0, 0.1) is 11.6 Å². The van der Waals surface area contributed by atoms with Crippen LogP contribution >= 0.6 is 0 Å². The average Bonchev–Trinajstić information content (AvgIpc) is 2.54. The molecular formula is C17H14F2O2S2. The third-order valence-electron chi connectivity index (χ3n) is 2.80. The van der Waals surface area contributed by atoms with Crippen molar-refractivity contribution in [3.63, 3.8) is 0 Å². The van der Waals surface area contributed by atoms with Crippen LogP contribution in [0.4, 0.5) is 8.78 Å². The smallest absolute Gasteiger partial charge is 0.262 e. The van der Waals surface area contributed by atoms with Crippen molar-refractivity contribution in [1.82, 2.24) is 0 Å². The van der Waals surface area contributed by atoms with Gasteiger partial charge in [0.1, 0.15) is 22.5 Å². The first-order chi connectivity index (χ1) is 11.0. The molecule has 2 rings (SSSR count). The van der Waals surface area contributed by atoms with Gasteiger partial charge in [-0.2, -0.15) is 0 Å². The fourth-order valence-corrected chi connectivity index (χ4v) is 3.81. The minimum absolute atomic E-state index is 0.0324. The third kappa shape index (κ3) is 6.58. The summed E-state index contributed by atoms with van der Waals surface area (Å²) in [6.07, 6.45) is 3.19. The summed E-state index contributed by atoms with van der Waals surface area (Å²) in [5.41, 5.74) is 1.43. The molecule has 0 aliphatic heterocycles. The quantitative estimate of drug-likeness (QED) is 0.736. The van der Waals surface area contributed by atoms with Crippen LogP contribution < -0.4 is 0 Å². The first-order valence-electron chi connectivity index (χ1n) is 6.65. The van der Waals surface area contributed by atoms with E-state index in [9.17, 15) is 17.9 Å². The molecule has 0 aromatic heterocycles. The largest absolute Gasteiger partial charge is 0.608 e. The second-order valence-corrected chi connectivity index (χ2v) is 7.60. The zero-order chi connectivity index (χ0) is 16.7. The molecule has 0 spiro atoms. The molecule has 0 N–H and O–H groups in total. The molecule has 0 aliphatic carbocycles. The lowest BCUT2D eigenvalue weighted by Crippen LogP contribution is -2.11. The van der Waals surface area contributed by atoms with E-state index in [4.69, 9.17) is 0 Å². The van der Waals surface area contributed by atoms with Crippen LogP contribution in [-0.4, -0.2) is 14.2 Å². The molecule has 0 amide bonds. The van der Waals surface area contributed by atoms with Gasteiger partial charge in [0.25, 0.3) is 5.08 Å². The fourth-order valence-electron chi connectivity index (χ4n) is 1.65. The third-order valence-corrected chi connectivity index (χ3v) is 5.53. The molecular weight excluding hydrogens is 338 g/mol. The summed E-state index contributed by atoms with van der Waals surface area (Å²) >= 11 is -2.81. The lowest BCUT2D eigenvalue weighted by molar-refractivity contribution is 0.596. The van der Waals surface area contributed by atoms with Gasteiger partial charge in [-0.15, -0.1) is 0 Å². The fraction of sp³-hybridized carbons (Fsp3) is 0.0588. The van der Waals surface area contributed by atoms with Crippen molar-refractivity contribution < 1.29 is 17.9 Å². The summed E-state index contributed by atoms with van der Waals surface area (Å²) in [6, 6.07) is 11.5. The second-order valence-electron chi connectivity index (χ2n) is 4.59. The standard InChI is InChI=1S/C17H14F2O2S2/c18-16-5-1-14(2-6-16)9-11-22(20)13-23(21)12-10-15-3-7-17(19)8-4-15/h1-12H,13H2. The van der Waals surface area contributed by atoms with Crippen LogP contribution in [0.15, 0.2) is 59.3 Å². The predicted octanol–water partition coefficient (Wildman–Crippen LogP) is 4.06. The minimum Gasteiger partial charge on any atom is -0.608 e. The zero-order valence-electron chi connectivity index (χ0n) is 12.0. The Labute approximate surface area is 139 Å².